The largest absolute Gasteiger partial charge is 0.370 e. The van der Waals surface area contributed by atoms with Gasteiger partial charge in [-0.05, 0) is 31.0 Å². The molecule has 2 nitrogen and oxygen atoms in total. The minimum absolute atomic E-state index is 0.499. The Morgan fingerprint density at radius 2 is 2.38 bits per heavy atom. The zero-order chi connectivity index (χ0) is 11.5. The lowest BCUT2D eigenvalue weighted by Crippen LogP contribution is -2.36. The topological polar surface area (TPSA) is 27.0 Å². The highest BCUT2D eigenvalue weighted by Crippen LogP contribution is 2.38. The number of thioether (sulfide) groups is 1. The van der Waals surface area contributed by atoms with E-state index >= 15 is 0 Å². The molecule has 0 N–H and O–H groups in total. The van der Waals surface area contributed by atoms with Crippen LogP contribution >= 0.6 is 11.8 Å². The van der Waals surface area contributed by atoms with Gasteiger partial charge in [0.1, 0.15) is 0 Å². The summed E-state index contributed by atoms with van der Waals surface area (Å²) in [7, 11) is 2.14. The van der Waals surface area contributed by atoms with Gasteiger partial charge in [-0.3, -0.25) is 0 Å². The summed E-state index contributed by atoms with van der Waals surface area (Å²) >= 11 is 1.91. The Morgan fingerprint density at radius 3 is 3.12 bits per heavy atom. The van der Waals surface area contributed by atoms with Crippen molar-refractivity contribution in [3.63, 3.8) is 0 Å². The Kier molecular flexibility index (Phi) is 3.40. The molecule has 3 heteroatoms. The van der Waals surface area contributed by atoms with Crippen LogP contribution in [0.25, 0.3) is 0 Å². The van der Waals surface area contributed by atoms with Crippen molar-refractivity contribution in [1.82, 2.24) is 0 Å². The summed E-state index contributed by atoms with van der Waals surface area (Å²) < 4.78 is 0. The molecule has 2 rings (SSSR count). The third-order valence-corrected chi connectivity index (χ3v) is 4.27. The van der Waals surface area contributed by atoms with Gasteiger partial charge in [0.25, 0.3) is 0 Å². The monoisotopic (exact) mass is 232 g/mol. The Labute approximate surface area is 101 Å². The van der Waals surface area contributed by atoms with E-state index in [0.717, 1.165) is 12.2 Å². The predicted octanol–water partition coefficient (Wildman–Crippen LogP) is 3.21. The average molecular weight is 232 g/mol. The second-order valence-electron chi connectivity index (χ2n) is 4.24. The molecule has 16 heavy (non-hydrogen) atoms. The smallest absolute Gasteiger partial charge is 0.0622 e. The van der Waals surface area contributed by atoms with E-state index in [0.29, 0.717) is 12.5 Å². The first kappa shape index (κ1) is 11.3. The Bertz CT molecular complexity index is 422. The number of hydrogen-bond acceptors (Lipinski definition) is 3. The summed E-state index contributed by atoms with van der Waals surface area (Å²) in [4.78, 5) is 3.69. The van der Waals surface area contributed by atoms with Crippen LogP contribution in [0.5, 0.6) is 0 Å². The van der Waals surface area contributed by atoms with Crippen molar-refractivity contribution in [3.05, 3.63) is 23.8 Å². The maximum absolute atomic E-state index is 8.65. The van der Waals surface area contributed by atoms with Gasteiger partial charge in [0.2, 0.25) is 0 Å². The van der Waals surface area contributed by atoms with E-state index < -0.39 is 0 Å². The van der Waals surface area contributed by atoms with Crippen LogP contribution in [-0.2, 0) is 0 Å². The van der Waals surface area contributed by atoms with Gasteiger partial charge in [0, 0.05) is 30.2 Å². The van der Waals surface area contributed by atoms with Crippen LogP contribution < -0.4 is 4.90 Å². The molecule has 1 aromatic carbocycles. The highest BCUT2D eigenvalue weighted by atomic mass is 32.2. The zero-order valence-corrected chi connectivity index (χ0v) is 10.5. The summed E-state index contributed by atoms with van der Waals surface area (Å²) in [5.74, 6) is 1.09. The molecule has 1 aliphatic heterocycles. The molecule has 1 aromatic rings. The fourth-order valence-corrected chi connectivity index (χ4v) is 3.30. The van der Waals surface area contributed by atoms with Crippen LogP contribution in [0.1, 0.15) is 18.4 Å². The van der Waals surface area contributed by atoms with Gasteiger partial charge in [0.05, 0.1) is 11.8 Å². The van der Waals surface area contributed by atoms with Crippen LogP contribution in [0, 0.1) is 18.3 Å². The highest BCUT2D eigenvalue weighted by Gasteiger charge is 2.23. The molecular weight excluding hydrogens is 216 g/mol. The van der Waals surface area contributed by atoms with Gasteiger partial charge in [-0.1, -0.05) is 6.07 Å². The van der Waals surface area contributed by atoms with E-state index in [1.807, 2.05) is 11.8 Å². The molecule has 0 aromatic heterocycles. The third kappa shape index (κ3) is 2.17. The number of nitriles is 1. The molecule has 1 unspecified atom stereocenters. The quantitative estimate of drug-likeness (QED) is 0.783. The number of rotatable bonds is 2. The number of nitrogens with zero attached hydrogens (tertiary/aromatic N) is 2. The number of benzene rings is 1. The number of anilines is 1. The van der Waals surface area contributed by atoms with Gasteiger partial charge in [-0.2, -0.15) is 5.26 Å². The van der Waals surface area contributed by atoms with Crippen molar-refractivity contribution >= 4 is 17.4 Å². The molecule has 0 aliphatic carbocycles. The molecule has 84 valence electrons. The molecule has 1 atom stereocenters. The fourth-order valence-electron chi connectivity index (χ4n) is 2.03. The number of aryl methyl sites for hydroxylation is 1. The number of fused-ring (bicyclic) bond motifs is 1. The lowest BCUT2D eigenvalue weighted by atomic mass is 10.1. The SMILES string of the molecule is Cc1ccc2c(c1)N(C)C(CCC#N)CS2. The van der Waals surface area contributed by atoms with E-state index in [4.69, 9.17) is 5.26 Å². The van der Waals surface area contributed by atoms with Crippen LogP contribution in [0.3, 0.4) is 0 Å². The Balaban J connectivity index is 2.21. The third-order valence-electron chi connectivity index (χ3n) is 3.06. The normalized spacial score (nSPS) is 19.1. The molecule has 0 bridgehead atoms. The van der Waals surface area contributed by atoms with Crippen LogP contribution in [0.15, 0.2) is 23.1 Å². The van der Waals surface area contributed by atoms with Crippen molar-refractivity contribution in [2.24, 2.45) is 0 Å². The van der Waals surface area contributed by atoms with Crippen LogP contribution in [-0.4, -0.2) is 18.8 Å². The molecule has 0 fully saturated rings. The van der Waals surface area contributed by atoms with Gasteiger partial charge >= 0.3 is 0 Å². The van der Waals surface area contributed by atoms with Crippen LogP contribution in [0.2, 0.25) is 0 Å². The Morgan fingerprint density at radius 1 is 1.56 bits per heavy atom. The van der Waals surface area contributed by atoms with Crippen LogP contribution in [0.4, 0.5) is 5.69 Å². The first-order chi connectivity index (χ1) is 7.72. The number of hydrogen-bond donors (Lipinski definition) is 0. The molecule has 1 aliphatic rings. The summed E-state index contributed by atoms with van der Waals surface area (Å²) in [5.41, 5.74) is 2.62. The van der Waals surface area contributed by atoms with E-state index in [-0.39, 0.29) is 0 Å². The van der Waals surface area contributed by atoms with Gasteiger partial charge < -0.3 is 4.90 Å². The van der Waals surface area contributed by atoms with Crippen molar-refractivity contribution in [2.75, 3.05) is 17.7 Å². The van der Waals surface area contributed by atoms with Crippen molar-refractivity contribution < 1.29 is 0 Å². The summed E-state index contributed by atoms with van der Waals surface area (Å²) in [6.07, 6.45) is 1.62. The second kappa shape index (κ2) is 4.80. The molecule has 0 saturated heterocycles. The highest BCUT2D eigenvalue weighted by molar-refractivity contribution is 7.99. The first-order valence-electron chi connectivity index (χ1n) is 5.55. The second-order valence-corrected chi connectivity index (χ2v) is 5.31. The van der Waals surface area contributed by atoms with Gasteiger partial charge in [-0.15, -0.1) is 11.8 Å². The molecule has 0 amide bonds. The summed E-state index contributed by atoms with van der Waals surface area (Å²) in [5, 5.41) is 8.65. The lowest BCUT2D eigenvalue weighted by Gasteiger charge is -2.35. The van der Waals surface area contributed by atoms with E-state index in [9.17, 15) is 0 Å². The lowest BCUT2D eigenvalue weighted by molar-refractivity contribution is 0.635. The van der Waals surface area contributed by atoms with Crippen molar-refractivity contribution in [3.8, 4) is 6.07 Å². The minimum atomic E-state index is 0.499. The first-order valence-corrected chi connectivity index (χ1v) is 6.54. The van der Waals surface area contributed by atoms with Crippen molar-refractivity contribution in [2.45, 2.75) is 30.7 Å². The van der Waals surface area contributed by atoms with E-state index in [2.05, 4.69) is 43.1 Å². The maximum atomic E-state index is 8.65. The van der Waals surface area contributed by atoms with E-state index in [1.54, 1.807) is 0 Å². The van der Waals surface area contributed by atoms with Gasteiger partial charge in [0.15, 0.2) is 0 Å². The maximum Gasteiger partial charge on any atom is 0.0622 e. The van der Waals surface area contributed by atoms with Crippen molar-refractivity contribution in [1.29, 1.82) is 5.26 Å². The van der Waals surface area contributed by atoms with E-state index in [1.165, 1.54) is 16.1 Å². The Hall–Kier alpha value is -1.14. The van der Waals surface area contributed by atoms with Gasteiger partial charge in [-0.25, -0.2) is 0 Å². The summed E-state index contributed by atoms with van der Waals surface area (Å²) in [6, 6.07) is 9.33. The fraction of sp³-hybridized carbons (Fsp3) is 0.462. The summed E-state index contributed by atoms with van der Waals surface area (Å²) in [6.45, 7) is 2.12. The molecule has 0 spiro atoms. The standard InChI is InChI=1S/C13H16N2S/c1-10-5-6-13-12(8-10)15(2)11(9-16-13)4-3-7-14/h5-6,8,11H,3-4,9H2,1-2H3. The molecule has 0 radical (unpaired) electrons. The zero-order valence-electron chi connectivity index (χ0n) is 9.73. The molecular formula is C13H16N2S. The average Bonchev–Trinajstić information content (AvgIpc) is 2.29. The molecule has 1 heterocycles. The predicted molar refractivity (Wildman–Crippen MR) is 68.9 cm³/mol. The minimum Gasteiger partial charge on any atom is -0.370 e. The molecule has 0 saturated carbocycles.